The van der Waals surface area contributed by atoms with Crippen molar-refractivity contribution in [2.75, 3.05) is 0 Å². The minimum absolute atomic E-state index is 0.273. The van der Waals surface area contributed by atoms with Crippen molar-refractivity contribution in [2.24, 2.45) is 0 Å². The third-order valence-electron chi connectivity index (χ3n) is 2.15. The Morgan fingerprint density at radius 3 is 2.75 bits per heavy atom. The quantitative estimate of drug-likeness (QED) is 0.784. The fraction of sp³-hybridized carbons (Fsp3) is 0.273. The van der Waals surface area contributed by atoms with Crippen molar-refractivity contribution >= 4 is 27.5 Å². The maximum absolute atomic E-state index is 5.86. The largest absolute Gasteiger partial charge is 0.337 e. The number of halogens is 2. The molecule has 1 aromatic carbocycles. The van der Waals surface area contributed by atoms with E-state index in [0.717, 1.165) is 10.0 Å². The van der Waals surface area contributed by atoms with Crippen molar-refractivity contribution in [3.63, 3.8) is 0 Å². The van der Waals surface area contributed by atoms with Crippen molar-refractivity contribution in [3.05, 3.63) is 34.1 Å². The van der Waals surface area contributed by atoms with Gasteiger partial charge in [-0.05, 0) is 31.5 Å². The van der Waals surface area contributed by atoms with Gasteiger partial charge in [-0.2, -0.15) is 4.98 Å². The maximum atomic E-state index is 5.86. The number of benzene rings is 1. The van der Waals surface area contributed by atoms with E-state index in [9.17, 15) is 0 Å². The van der Waals surface area contributed by atoms with Gasteiger partial charge in [0.2, 0.25) is 11.7 Å². The summed E-state index contributed by atoms with van der Waals surface area (Å²) in [5.41, 5.74) is 2.07. The Kier molecular flexibility index (Phi) is 3.30. The third-order valence-corrected chi connectivity index (χ3v) is 2.99. The van der Waals surface area contributed by atoms with Gasteiger partial charge < -0.3 is 4.52 Å². The number of alkyl halides is 1. The van der Waals surface area contributed by atoms with Crippen LogP contribution in [0, 0.1) is 6.92 Å². The summed E-state index contributed by atoms with van der Waals surface area (Å²) in [6, 6.07) is 5.96. The molecule has 1 unspecified atom stereocenters. The van der Waals surface area contributed by atoms with Crippen molar-refractivity contribution in [3.8, 4) is 11.4 Å². The van der Waals surface area contributed by atoms with E-state index >= 15 is 0 Å². The van der Waals surface area contributed by atoms with E-state index in [0.29, 0.717) is 11.7 Å². The van der Waals surface area contributed by atoms with Crippen molar-refractivity contribution in [1.29, 1.82) is 0 Å². The highest BCUT2D eigenvalue weighted by Gasteiger charge is 2.14. The SMILES string of the molecule is Cc1ccc(-c2noc(C(C)Cl)n2)c(Br)c1. The van der Waals surface area contributed by atoms with Crippen LogP contribution in [0.5, 0.6) is 0 Å². The van der Waals surface area contributed by atoms with Crippen LogP contribution in [0.4, 0.5) is 0 Å². The molecule has 2 aromatic rings. The highest BCUT2D eigenvalue weighted by molar-refractivity contribution is 9.10. The van der Waals surface area contributed by atoms with Gasteiger partial charge in [0.1, 0.15) is 5.38 Å². The Morgan fingerprint density at radius 2 is 2.19 bits per heavy atom. The van der Waals surface area contributed by atoms with Crippen LogP contribution in [0.15, 0.2) is 27.2 Å². The molecule has 0 radical (unpaired) electrons. The van der Waals surface area contributed by atoms with Crippen LogP contribution in [-0.4, -0.2) is 10.1 Å². The molecule has 84 valence electrons. The molecular weight excluding hydrogens is 291 g/mol. The van der Waals surface area contributed by atoms with Gasteiger partial charge in [-0.15, -0.1) is 11.6 Å². The van der Waals surface area contributed by atoms with Crippen LogP contribution in [-0.2, 0) is 0 Å². The molecule has 0 aliphatic rings. The molecule has 0 saturated carbocycles. The van der Waals surface area contributed by atoms with Gasteiger partial charge >= 0.3 is 0 Å². The summed E-state index contributed by atoms with van der Waals surface area (Å²) in [4.78, 5) is 4.23. The first-order valence-corrected chi connectivity index (χ1v) is 6.05. The number of nitrogens with zero attached hydrogens (tertiary/aromatic N) is 2. The molecule has 0 spiro atoms. The molecule has 16 heavy (non-hydrogen) atoms. The molecule has 0 saturated heterocycles. The Bertz CT molecular complexity index is 510. The van der Waals surface area contributed by atoms with Gasteiger partial charge in [0, 0.05) is 10.0 Å². The van der Waals surface area contributed by atoms with Crippen molar-refractivity contribution in [1.82, 2.24) is 10.1 Å². The first kappa shape index (κ1) is 11.6. The molecule has 1 heterocycles. The van der Waals surface area contributed by atoms with E-state index in [-0.39, 0.29) is 5.38 Å². The number of rotatable bonds is 2. The molecule has 1 atom stereocenters. The van der Waals surface area contributed by atoms with Gasteiger partial charge in [-0.1, -0.05) is 27.2 Å². The normalized spacial score (nSPS) is 12.8. The molecule has 2 rings (SSSR count). The molecule has 0 aliphatic heterocycles. The lowest BCUT2D eigenvalue weighted by Crippen LogP contribution is -1.86. The Balaban J connectivity index is 2.42. The van der Waals surface area contributed by atoms with E-state index in [1.165, 1.54) is 5.56 Å². The molecule has 1 aromatic heterocycles. The van der Waals surface area contributed by atoms with Crippen molar-refractivity contribution < 1.29 is 4.52 Å². The first-order valence-electron chi connectivity index (χ1n) is 4.82. The number of aromatic nitrogens is 2. The highest BCUT2D eigenvalue weighted by Crippen LogP contribution is 2.28. The summed E-state index contributed by atoms with van der Waals surface area (Å²) in [5.74, 6) is 0.985. The van der Waals surface area contributed by atoms with Crippen LogP contribution >= 0.6 is 27.5 Å². The molecule has 0 fully saturated rings. The zero-order chi connectivity index (χ0) is 11.7. The minimum atomic E-state index is -0.273. The van der Waals surface area contributed by atoms with E-state index in [2.05, 4.69) is 26.1 Å². The third kappa shape index (κ3) is 2.28. The highest BCUT2D eigenvalue weighted by atomic mass is 79.9. The Morgan fingerprint density at radius 1 is 1.44 bits per heavy atom. The number of hydrogen-bond acceptors (Lipinski definition) is 3. The van der Waals surface area contributed by atoms with E-state index in [4.69, 9.17) is 16.1 Å². The Hall–Kier alpha value is -0.870. The molecule has 0 aliphatic carbocycles. The summed E-state index contributed by atoms with van der Waals surface area (Å²) in [6.07, 6.45) is 0. The fourth-order valence-electron chi connectivity index (χ4n) is 1.31. The average molecular weight is 302 g/mol. The van der Waals surface area contributed by atoms with E-state index < -0.39 is 0 Å². The summed E-state index contributed by atoms with van der Waals surface area (Å²) < 4.78 is 6.00. The van der Waals surface area contributed by atoms with Crippen molar-refractivity contribution in [2.45, 2.75) is 19.2 Å². The smallest absolute Gasteiger partial charge is 0.244 e. The van der Waals surface area contributed by atoms with Crippen LogP contribution < -0.4 is 0 Å². The summed E-state index contributed by atoms with van der Waals surface area (Å²) in [7, 11) is 0. The van der Waals surface area contributed by atoms with Crippen LogP contribution in [0.25, 0.3) is 11.4 Å². The monoisotopic (exact) mass is 300 g/mol. The molecule has 3 nitrogen and oxygen atoms in total. The number of hydrogen-bond donors (Lipinski definition) is 0. The second-order valence-electron chi connectivity index (χ2n) is 3.56. The summed E-state index contributed by atoms with van der Waals surface area (Å²) in [5, 5.41) is 3.62. The lowest BCUT2D eigenvalue weighted by atomic mass is 10.1. The van der Waals surface area contributed by atoms with Gasteiger partial charge in [-0.3, -0.25) is 0 Å². The predicted molar refractivity (Wildman–Crippen MR) is 66.4 cm³/mol. The zero-order valence-electron chi connectivity index (χ0n) is 8.87. The second kappa shape index (κ2) is 4.55. The van der Waals surface area contributed by atoms with Gasteiger partial charge in [0.15, 0.2) is 0 Å². The lowest BCUT2D eigenvalue weighted by molar-refractivity contribution is 0.379. The Labute approximate surface area is 107 Å². The fourth-order valence-corrected chi connectivity index (χ4v) is 2.07. The first-order chi connectivity index (χ1) is 7.58. The standard InChI is InChI=1S/C11H10BrClN2O/c1-6-3-4-8(9(12)5-6)10-14-11(7(2)13)16-15-10/h3-5,7H,1-2H3. The molecule has 0 N–H and O–H groups in total. The predicted octanol–water partition coefficient (Wildman–Crippen LogP) is 4.11. The summed E-state index contributed by atoms with van der Waals surface area (Å²) in [6.45, 7) is 3.82. The lowest BCUT2D eigenvalue weighted by Gasteiger charge is -1.99. The molecule has 0 bridgehead atoms. The second-order valence-corrected chi connectivity index (χ2v) is 5.06. The molecule has 0 amide bonds. The maximum Gasteiger partial charge on any atom is 0.244 e. The van der Waals surface area contributed by atoms with E-state index in [1.807, 2.05) is 25.1 Å². The number of aryl methyl sites for hydroxylation is 1. The van der Waals surface area contributed by atoms with E-state index in [1.54, 1.807) is 6.92 Å². The molecule has 5 heteroatoms. The van der Waals surface area contributed by atoms with Crippen LogP contribution in [0.3, 0.4) is 0 Å². The zero-order valence-corrected chi connectivity index (χ0v) is 11.2. The summed E-state index contributed by atoms with van der Waals surface area (Å²) >= 11 is 9.34. The van der Waals surface area contributed by atoms with Gasteiger partial charge in [0.05, 0.1) is 0 Å². The average Bonchev–Trinajstić information content (AvgIpc) is 2.66. The molecular formula is C11H10BrClN2O. The van der Waals surface area contributed by atoms with Gasteiger partial charge in [0.25, 0.3) is 0 Å². The topological polar surface area (TPSA) is 38.9 Å². The van der Waals surface area contributed by atoms with Crippen LogP contribution in [0.2, 0.25) is 0 Å². The van der Waals surface area contributed by atoms with Gasteiger partial charge in [-0.25, -0.2) is 0 Å². The van der Waals surface area contributed by atoms with Crippen LogP contribution in [0.1, 0.15) is 23.8 Å². The minimum Gasteiger partial charge on any atom is -0.337 e.